The Morgan fingerprint density at radius 2 is 1.79 bits per heavy atom. The van der Waals surface area contributed by atoms with E-state index in [0.29, 0.717) is 26.9 Å². The molecular weight excluding hydrogens is 459 g/mol. The Kier molecular flexibility index (Phi) is 5.23. The number of para-hydroxylation sites is 1. The van der Waals surface area contributed by atoms with Gasteiger partial charge in [-0.2, -0.15) is 0 Å². The molecule has 3 aromatic carbocycles. The van der Waals surface area contributed by atoms with Crippen molar-refractivity contribution in [3.8, 4) is 0 Å². The molecule has 0 spiro atoms. The second-order valence-corrected chi connectivity index (χ2v) is 8.75. The molecule has 1 amide bonds. The number of rotatable bonds is 3. The van der Waals surface area contributed by atoms with Crippen molar-refractivity contribution in [1.82, 2.24) is 4.98 Å². The van der Waals surface area contributed by atoms with E-state index >= 15 is 0 Å². The zero-order valence-electron chi connectivity index (χ0n) is 17.5. The number of anilines is 1. The normalized spacial score (nSPS) is 17.8. The number of aliphatic hydroxyl groups is 1. The molecule has 5 nitrogen and oxygen atoms in total. The fourth-order valence-corrected chi connectivity index (χ4v) is 4.60. The number of aromatic amines is 1. The largest absolute Gasteiger partial charge is 0.507 e. The number of ketones is 1. The van der Waals surface area contributed by atoms with Gasteiger partial charge in [-0.15, -0.1) is 0 Å². The summed E-state index contributed by atoms with van der Waals surface area (Å²) in [5.74, 6) is -1.81. The number of hydrogen-bond acceptors (Lipinski definition) is 3. The number of aromatic nitrogens is 1. The van der Waals surface area contributed by atoms with Gasteiger partial charge in [0.05, 0.1) is 11.6 Å². The smallest absolute Gasteiger partial charge is 0.300 e. The minimum Gasteiger partial charge on any atom is -0.507 e. The molecule has 33 heavy (non-hydrogen) atoms. The highest BCUT2D eigenvalue weighted by atomic mass is 35.5. The maximum atomic E-state index is 13.3. The van der Waals surface area contributed by atoms with Gasteiger partial charge in [-0.05, 0) is 42.8 Å². The van der Waals surface area contributed by atoms with Crippen LogP contribution in [0.5, 0.6) is 0 Å². The average Bonchev–Trinajstić information content (AvgIpc) is 3.34. The van der Waals surface area contributed by atoms with Crippen LogP contribution < -0.4 is 4.90 Å². The Hall–Kier alpha value is -3.54. The van der Waals surface area contributed by atoms with Crippen LogP contribution in [-0.2, 0) is 9.59 Å². The summed E-state index contributed by atoms with van der Waals surface area (Å²) in [6, 6.07) is 18.5. The lowest BCUT2D eigenvalue weighted by atomic mass is 9.94. The van der Waals surface area contributed by atoms with Gasteiger partial charge in [0.15, 0.2) is 0 Å². The third-order valence-electron chi connectivity index (χ3n) is 5.89. The predicted molar refractivity (Wildman–Crippen MR) is 131 cm³/mol. The Morgan fingerprint density at radius 3 is 2.55 bits per heavy atom. The Labute approximate surface area is 199 Å². The van der Waals surface area contributed by atoms with E-state index in [1.807, 2.05) is 31.2 Å². The maximum Gasteiger partial charge on any atom is 0.300 e. The molecule has 0 bridgehead atoms. The van der Waals surface area contributed by atoms with E-state index in [0.717, 1.165) is 16.5 Å². The van der Waals surface area contributed by atoms with Crippen molar-refractivity contribution in [2.24, 2.45) is 0 Å². The van der Waals surface area contributed by atoms with Crippen molar-refractivity contribution >= 4 is 57.2 Å². The molecule has 1 atom stereocenters. The van der Waals surface area contributed by atoms with Crippen LogP contribution in [0.2, 0.25) is 10.0 Å². The van der Waals surface area contributed by atoms with Gasteiger partial charge in [-0.25, -0.2) is 0 Å². The van der Waals surface area contributed by atoms with Crippen molar-refractivity contribution in [3.63, 3.8) is 0 Å². The molecule has 1 saturated heterocycles. The highest BCUT2D eigenvalue weighted by molar-refractivity contribution is 6.52. The molecule has 4 aromatic rings. The second kappa shape index (κ2) is 8.10. The summed E-state index contributed by atoms with van der Waals surface area (Å²) in [5.41, 5.74) is 3.19. The van der Waals surface area contributed by atoms with Crippen molar-refractivity contribution < 1.29 is 14.7 Å². The summed E-state index contributed by atoms with van der Waals surface area (Å²) in [5, 5.41) is 12.9. The fourth-order valence-electron chi connectivity index (χ4n) is 4.24. The summed E-state index contributed by atoms with van der Waals surface area (Å²) in [7, 11) is 0. The number of aliphatic hydroxyl groups excluding tert-OH is 1. The first-order chi connectivity index (χ1) is 15.9. The molecule has 1 unspecified atom stereocenters. The van der Waals surface area contributed by atoms with Crippen LogP contribution in [0.1, 0.15) is 22.7 Å². The average molecular weight is 477 g/mol. The number of nitrogens with one attached hydrogen (secondary N) is 1. The van der Waals surface area contributed by atoms with Crippen LogP contribution >= 0.6 is 23.2 Å². The summed E-state index contributed by atoms with van der Waals surface area (Å²) in [4.78, 5) is 31.2. The van der Waals surface area contributed by atoms with Crippen LogP contribution in [0.15, 0.2) is 78.5 Å². The summed E-state index contributed by atoms with van der Waals surface area (Å²) in [6.45, 7) is 1.86. The number of aryl methyl sites for hydroxylation is 1. The van der Waals surface area contributed by atoms with Gasteiger partial charge in [-0.3, -0.25) is 14.5 Å². The lowest BCUT2D eigenvalue weighted by molar-refractivity contribution is -0.132. The lowest BCUT2D eigenvalue weighted by Crippen LogP contribution is -2.29. The van der Waals surface area contributed by atoms with Crippen LogP contribution in [0.25, 0.3) is 16.7 Å². The topological polar surface area (TPSA) is 73.4 Å². The number of carbonyl (C=O) groups is 2. The van der Waals surface area contributed by atoms with Gasteiger partial charge < -0.3 is 10.1 Å². The number of hydrogen-bond donors (Lipinski definition) is 2. The molecule has 164 valence electrons. The molecule has 0 saturated carbocycles. The predicted octanol–water partition coefficient (Wildman–Crippen LogP) is 6.41. The number of Topliss-reactive ketones (excluding diaryl/α,β-unsaturated/α-hetero) is 1. The van der Waals surface area contributed by atoms with Gasteiger partial charge in [0.25, 0.3) is 11.7 Å². The highest BCUT2D eigenvalue weighted by Crippen LogP contribution is 2.44. The van der Waals surface area contributed by atoms with Gasteiger partial charge in [-0.1, -0.05) is 59.6 Å². The number of amides is 1. The van der Waals surface area contributed by atoms with E-state index in [4.69, 9.17) is 23.2 Å². The molecule has 1 fully saturated rings. The number of halogens is 2. The van der Waals surface area contributed by atoms with E-state index in [1.54, 1.807) is 48.7 Å². The van der Waals surface area contributed by atoms with Crippen LogP contribution in [0, 0.1) is 6.92 Å². The van der Waals surface area contributed by atoms with Crippen LogP contribution in [0.3, 0.4) is 0 Å². The minimum atomic E-state index is -0.862. The standard InChI is InChI=1S/C26H18Cl2N2O3/c1-14-9-10-17(12-20(14)28)30-23(19-13-29-21-8-3-2-7-18(19)21)22(25(32)26(30)33)24(31)15-5-4-6-16(27)11-15/h2-13,23,29,31H,1H3/b24-22+. The third-order valence-corrected chi connectivity index (χ3v) is 6.53. The summed E-state index contributed by atoms with van der Waals surface area (Å²) < 4.78 is 0. The van der Waals surface area contributed by atoms with Crippen LogP contribution in [0.4, 0.5) is 5.69 Å². The van der Waals surface area contributed by atoms with Crippen molar-refractivity contribution in [3.05, 3.63) is 105 Å². The number of fused-ring (bicyclic) bond motifs is 1. The molecule has 1 aliphatic rings. The molecular formula is C26H18Cl2N2O3. The number of nitrogens with zero attached hydrogens (tertiary/aromatic N) is 1. The van der Waals surface area contributed by atoms with E-state index in [2.05, 4.69) is 4.98 Å². The van der Waals surface area contributed by atoms with E-state index < -0.39 is 17.7 Å². The van der Waals surface area contributed by atoms with Crippen molar-refractivity contribution in [1.29, 1.82) is 0 Å². The Bertz CT molecular complexity index is 1470. The first kappa shape index (κ1) is 21.3. The molecule has 2 N–H and O–H groups in total. The van der Waals surface area contributed by atoms with Crippen molar-refractivity contribution in [2.45, 2.75) is 13.0 Å². The van der Waals surface area contributed by atoms with E-state index in [9.17, 15) is 14.7 Å². The van der Waals surface area contributed by atoms with Crippen molar-refractivity contribution in [2.75, 3.05) is 4.90 Å². The molecule has 0 radical (unpaired) electrons. The Morgan fingerprint density at radius 1 is 1.00 bits per heavy atom. The monoisotopic (exact) mass is 476 g/mol. The first-order valence-electron chi connectivity index (χ1n) is 10.3. The molecule has 1 aromatic heterocycles. The Balaban J connectivity index is 1.79. The van der Waals surface area contributed by atoms with E-state index in [-0.39, 0.29) is 11.3 Å². The summed E-state index contributed by atoms with van der Waals surface area (Å²) >= 11 is 12.5. The second-order valence-electron chi connectivity index (χ2n) is 7.90. The summed E-state index contributed by atoms with van der Waals surface area (Å²) in [6.07, 6.45) is 1.76. The zero-order valence-corrected chi connectivity index (χ0v) is 19.0. The van der Waals surface area contributed by atoms with Gasteiger partial charge in [0, 0.05) is 44.0 Å². The first-order valence-corrected chi connectivity index (χ1v) is 11.0. The molecule has 7 heteroatoms. The molecule has 2 heterocycles. The quantitative estimate of drug-likeness (QED) is 0.204. The molecule has 0 aliphatic carbocycles. The van der Waals surface area contributed by atoms with Crippen LogP contribution in [-0.4, -0.2) is 21.8 Å². The van der Waals surface area contributed by atoms with Gasteiger partial charge in [0.1, 0.15) is 5.76 Å². The van der Waals surface area contributed by atoms with E-state index in [1.165, 1.54) is 4.90 Å². The molecule has 5 rings (SSSR count). The number of H-pyrrole nitrogens is 1. The lowest BCUT2D eigenvalue weighted by Gasteiger charge is -2.25. The van der Waals surface area contributed by atoms with Gasteiger partial charge >= 0.3 is 0 Å². The number of benzene rings is 3. The van der Waals surface area contributed by atoms with Gasteiger partial charge in [0.2, 0.25) is 0 Å². The zero-order chi connectivity index (χ0) is 23.3. The molecule has 1 aliphatic heterocycles. The number of carbonyl (C=O) groups excluding carboxylic acids is 2. The maximum absolute atomic E-state index is 13.3. The fraction of sp³-hybridized carbons (Fsp3) is 0.0769. The minimum absolute atomic E-state index is 0.0104. The highest BCUT2D eigenvalue weighted by Gasteiger charge is 2.47. The SMILES string of the molecule is Cc1ccc(N2C(=O)C(=O)/C(=C(/O)c3cccc(Cl)c3)C2c2c[nH]c3ccccc23)cc1Cl. The third kappa shape index (κ3) is 3.50.